The largest absolute Gasteiger partial charge is 0.510 e. The molecule has 1 aliphatic rings. The molecule has 0 radical (unpaired) electrons. The second-order valence-corrected chi connectivity index (χ2v) is 9.49. The van der Waals surface area contributed by atoms with Crippen LogP contribution in [0.25, 0.3) is 27.5 Å². The van der Waals surface area contributed by atoms with Crippen LogP contribution in [0.2, 0.25) is 0 Å². The van der Waals surface area contributed by atoms with Crippen molar-refractivity contribution in [1.29, 1.82) is 5.26 Å². The van der Waals surface area contributed by atoms with Gasteiger partial charge in [0.25, 0.3) is 5.56 Å². The number of hydrogen-bond donors (Lipinski definition) is 2. The number of aliphatic hydroxyl groups is 1. The van der Waals surface area contributed by atoms with Crippen molar-refractivity contribution in [1.82, 2.24) is 19.5 Å². The maximum absolute atomic E-state index is 13.3. The molecule has 0 unspecified atom stereocenters. The van der Waals surface area contributed by atoms with E-state index >= 15 is 0 Å². The first-order chi connectivity index (χ1) is 17.1. The number of rotatable bonds is 7. The van der Waals surface area contributed by atoms with E-state index in [1.54, 1.807) is 10.6 Å². The molecule has 2 N–H and O–H groups in total. The Morgan fingerprint density at radius 2 is 1.91 bits per heavy atom. The SMILES string of the molecule is N#C/C(=C(/O)CSc1nc2ccccc2c(=O)n1CCC1=CCCCC1)c1nc2ccccc2[nH]1. The van der Waals surface area contributed by atoms with Crippen LogP contribution in [0.5, 0.6) is 0 Å². The van der Waals surface area contributed by atoms with Gasteiger partial charge < -0.3 is 10.1 Å². The van der Waals surface area contributed by atoms with Gasteiger partial charge in [-0.2, -0.15) is 5.26 Å². The smallest absolute Gasteiger partial charge is 0.262 e. The van der Waals surface area contributed by atoms with Gasteiger partial charge in [-0.3, -0.25) is 9.36 Å². The number of para-hydroxylation sites is 3. The van der Waals surface area contributed by atoms with Crippen LogP contribution in [0.3, 0.4) is 0 Å². The van der Waals surface area contributed by atoms with Crippen LogP contribution in [0.15, 0.2) is 75.9 Å². The highest BCUT2D eigenvalue weighted by Crippen LogP contribution is 2.26. The quantitative estimate of drug-likeness (QED) is 0.114. The fourth-order valence-electron chi connectivity index (χ4n) is 4.37. The first kappa shape index (κ1) is 22.9. The lowest BCUT2D eigenvalue weighted by atomic mass is 9.97. The average molecular weight is 484 g/mol. The summed E-state index contributed by atoms with van der Waals surface area (Å²) >= 11 is 1.25. The van der Waals surface area contributed by atoms with E-state index in [0.29, 0.717) is 28.4 Å². The van der Waals surface area contributed by atoms with Crippen molar-refractivity contribution in [2.75, 3.05) is 5.75 Å². The van der Waals surface area contributed by atoms with Crippen LogP contribution in [0.1, 0.15) is 37.9 Å². The number of thioether (sulfide) groups is 1. The summed E-state index contributed by atoms with van der Waals surface area (Å²) in [6.45, 7) is 0.532. The molecule has 4 aromatic rings. The van der Waals surface area contributed by atoms with Crippen LogP contribution in [0.4, 0.5) is 0 Å². The molecule has 0 aliphatic heterocycles. The topological polar surface area (TPSA) is 108 Å². The fraction of sp³-hybridized carbons (Fsp3) is 0.259. The molecule has 5 rings (SSSR count). The van der Waals surface area contributed by atoms with Crippen molar-refractivity contribution in [2.24, 2.45) is 0 Å². The van der Waals surface area contributed by atoms with E-state index in [9.17, 15) is 15.2 Å². The molecule has 7 nitrogen and oxygen atoms in total. The number of aromatic amines is 1. The third-order valence-corrected chi connectivity index (χ3v) is 7.22. The van der Waals surface area contributed by atoms with Gasteiger partial charge in [-0.15, -0.1) is 0 Å². The molecule has 0 amide bonds. The maximum atomic E-state index is 13.3. The summed E-state index contributed by atoms with van der Waals surface area (Å²) < 4.78 is 1.70. The van der Waals surface area contributed by atoms with Crippen molar-refractivity contribution < 1.29 is 5.11 Å². The number of nitrogens with zero attached hydrogens (tertiary/aromatic N) is 4. The van der Waals surface area contributed by atoms with Crippen LogP contribution < -0.4 is 5.56 Å². The molecule has 1 aliphatic carbocycles. The Morgan fingerprint density at radius 1 is 1.11 bits per heavy atom. The monoisotopic (exact) mass is 483 g/mol. The van der Waals surface area contributed by atoms with E-state index in [-0.39, 0.29) is 22.6 Å². The molecule has 8 heteroatoms. The summed E-state index contributed by atoms with van der Waals surface area (Å²) in [6, 6.07) is 16.8. The Morgan fingerprint density at radius 3 is 2.69 bits per heavy atom. The minimum Gasteiger partial charge on any atom is -0.510 e. The summed E-state index contributed by atoms with van der Waals surface area (Å²) in [5.74, 6) is 0.299. The number of aromatic nitrogens is 4. The summed E-state index contributed by atoms with van der Waals surface area (Å²) in [6.07, 6.45) is 7.68. The lowest BCUT2D eigenvalue weighted by Crippen LogP contribution is -2.24. The number of fused-ring (bicyclic) bond motifs is 2. The van der Waals surface area contributed by atoms with Crippen molar-refractivity contribution in [3.05, 3.63) is 82.1 Å². The molecule has 0 spiro atoms. The molecule has 35 heavy (non-hydrogen) atoms. The van der Waals surface area contributed by atoms with Gasteiger partial charge in [0.05, 0.1) is 27.7 Å². The molecule has 2 heterocycles. The zero-order valence-corrected chi connectivity index (χ0v) is 20.0. The lowest BCUT2D eigenvalue weighted by Gasteiger charge is -2.16. The highest BCUT2D eigenvalue weighted by molar-refractivity contribution is 7.99. The number of aliphatic hydroxyl groups excluding tert-OH is 1. The number of imidazole rings is 1. The van der Waals surface area contributed by atoms with E-state index < -0.39 is 0 Å². The number of hydrogen-bond acceptors (Lipinski definition) is 6. The minimum atomic E-state index is -0.111. The zero-order valence-electron chi connectivity index (χ0n) is 19.2. The fourth-order valence-corrected chi connectivity index (χ4v) is 5.28. The van der Waals surface area contributed by atoms with Crippen LogP contribution in [-0.4, -0.2) is 30.4 Å². The third kappa shape index (κ3) is 4.86. The van der Waals surface area contributed by atoms with Crippen molar-refractivity contribution in [3.63, 3.8) is 0 Å². The van der Waals surface area contributed by atoms with Gasteiger partial charge in [-0.1, -0.05) is 47.7 Å². The highest BCUT2D eigenvalue weighted by atomic mass is 32.2. The first-order valence-electron chi connectivity index (χ1n) is 11.7. The summed E-state index contributed by atoms with van der Waals surface area (Å²) in [5.41, 5.74) is 3.50. The molecule has 2 aromatic heterocycles. The van der Waals surface area contributed by atoms with E-state index in [1.165, 1.54) is 30.2 Å². The number of nitriles is 1. The van der Waals surface area contributed by atoms with Gasteiger partial charge in [-0.05, 0) is 56.4 Å². The second kappa shape index (κ2) is 10.2. The lowest BCUT2D eigenvalue weighted by molar-refractivity contribution is 0.420. The van der Waals surface area contributed by atoms with Crippen molar-refractivity contribution >= 4 is 39.3 Å². The summed E-state index contributed by atoms with van der Waals surface area (Å²) in [5, 5.41) is 21.6. The summed E-state index contributed by atoms with van der Waals surface area (Å²) in [7, 11) is 0. The summed E-state index contributed by atoms with van der Waals surface area (Å²) in [4.78, 5) is 25.6. The zero-order chi connectivity index (χ0) is 24.2. The van der Waals surface area contributed by atoms with Gasteiger partial charge in [0.1, 0.15) is 17.4 Å². The number of allylic oxidation sites excluding steroid dienone is 3. The predicted octanol–water partition coefficient (Wildman–Crippen LogP) is 5.75. The maximum Gasteiger partial charge on any atom is 0.262 e. The van der Waals surface area contributed by atoms with Gasteiger partial charge in [-0.25, -0.2) is 9.97 Å². The van der Waals surface area contributed by atoms with Gasteiger partial charge >= 0.3 is 0 Å². The van der Waals surface area contributed by atoms with E-state index in [0.717, 1.165) is 30.3 Å². The molecule has 0 fully saturated rings. The standard InChI is InChI=1S/C27H25N5O2S/c28-16-20(25-29-22-12-6-7-13-23(22)30-25)24(33)17-35-27-31-21-11-5-4-10-19(21)26(34)32(27)15-14-18-8-2-1-3-9-18/h4-8,10-13,33H,1-3,9,14-15,17H2,(H,29,30)/b24-20-. The molecule has 0 atom stereocenters. The average Bonchev–Trinajstić information content (AvgIpc) is 3.32. The minimum absolute atomic E-state index is 0.0794. The number of H-pyrrole nitrogens is 1. The van der Waals surface area contributed by atoms with E-state index in [2.05, 4.69) is 22.1 Å². The molecular formula is C27H25N5O2S. The Kier molecular flexibility index (Phi) is 6.68. The number of nitrogens with one attached hydrogen (secondary N) is 1. The van der Waals surface area contributed by atoms with Crippen LogP contribution >= 0.6 is 11.8 Å². The van der Waals surface area contributed by atoms with Gasteiger partial charge in [0.2, 0.25) is 0 Å². The molecule has 2 aromatic carbocycles. The van der Waals surface area contributed by atoms with Crippen molar-refractivity contribution in [3.8, 4) is 6.07 Å². The highest BCUT2D eigenvalue weighted by Gasteiger charge is 2.17. The molecule has 0 saturated heterocycles. The van der Waals surface area contributed by atoms with E-state index in [1.807, 2.05) is 42.5 Å². The van der Waals surface area contributed by atoms with Gasteiger partial charge in [0.15, 0.2) is 11.0 Å². The Bertz CT molecular complexity index is 1520. The molecular weight excluding hydrogens is 458 g/mol. The van der Waals surface area contributed by atoms with E-state index in [4.69, 9.17) is 4.98 Å². The van der Waals surface area contributed by atoms with Crippen molar-refractivity contribution in [2.45, 2.75) is 43.8 Å². The second-order valence-electron chi connectivity index (χ2n) is 8.55. The Labute approximate surface area is 206 Å². The Balaban J connectivity index is 1.45. The number of benzene rings is 2. The molecule has 0 saturated carbocycles. The van der Waals surface area contributed by atoms with Crippen LogP contribution in [0, 0.1) is 11.3 Å². The van der Waals surface area contributed by atoms with Gasteiger partial charge in [0, 0.05) is 6.54 Å². The third-order valence-electron chi connectivity index (χ3n) is 6.23. The van der Waals surface area contributed by atoms with Crippen LogP contribution in [-0.2, 0) is 6.54 Å². The molecule has 176 valence electrons. The molecule has 0 bridgehead atoms. The normalized spacial score (nSPS) is 14.5. The predicted molar refractivity (Wildman–Crippen MR) is 139 cm³/mol. The Hall–Kier alpha value is -3.83. The first-order valence-corrected chi connectivity index (χ1v) is 12.7.